The van der Waals surface area contributed by atoms with Crippen molar-refractivity contribution in [2.24, 2.45) is 0 Å². The highest BCUT2D eigenvalue weighted by atomic mass is 79.9. The van der Waals surface area contributed by atoms with Gasteiger partial charge in [0.1, 0.15) is 5.75 Å². The second-order valence-corrected chi connectivity index (χ2v) is 8.79. The van der Waals surface area contributed by atoms with Crippen LogP contribution in [0.15, 0.2) is 51.8 Å². The van der Waals surface area contributed by atoms with E-state index in [-0.39, 0.29) is 10.8 Å². The lowest BCUT2D eigenvalue weighted by Gasteiger charge is -2.16. The van der Waals surface area contributed by atoms with Crippen LogP contribution in [-0.2, 0) is 10.0 Å². The van der Waals surface area contributed by atoms with Gasteiger partial charge in [0, 0.05) is 23.2 Å². The third-order valence-electron chi connectivity index (χ3n) is 4.22. The number of ether oxygens (including phenoxy) is 1. The molecule has 6 nitrogen and oxygen atoms in total. The number of methoxy groups -OCH3 is 1. The molecule has 0 bridgehead atoms. The maximum Gasteiger partial charge on any atom is 0.259 e. The molecule has 1 aliphatic heterocycles. The zero-order valence-electron chi connectivity index (χ0n) is 14.2. The number of halogens is 1. The molecule has 138 valence electrons. The largest absolute Gasteiger partial charge is 0.496 e. The predicted molar refractivity (Wildman–Crippen MR) is 103 cm³/mol. The molecule has 0 radical (unpaired) electrons. The number of nitrogens with one attached hydrogen (secondary N) is 1. The first kappa shape index (κ1) is 18.9. The van der Waals surface area contributed by atoms with Crippen LogP contribution in [0.25, 0.3) is 0 Å². The summed E-state index contributed by atoms with van der Waals surface area (Å²) in [5, 5.41) is 2.76. The highest BCUT2D eigenvalue weighted by Gasteiger charge is 2.27. The van der Waals surface area contributed by atoms with Crippen molar-refractivity contribution in [3.63, 3.8) is 0 Å². The van der Waals surface area contributed by atoms with Crippen molar-refractivity contribution in [2.45, 2.75) is 17.7 Å². The highest BCUT2D eigenvalue weighted by molar-refractivity contribution is 9.10. The number of rotatable bonds is 5. The Morgan fingerprint density at radius 3 is 2.38 bits per heavy atom. The molecular formula is C18H19BrN2O4S. The van der Waals surface area contributed by atoms with E-state index in [1.807, 2.05) is 0 Å². The van der Waals surface area contributed by atoms with Gasteiger partial charge in [0.05, 0.1) is 17.6 Å². The lowest BCUT2D eigenvalue weighted by Crippen LogP contribution is -2.27. The monoisotopic (exact) mass is 438 g/mol. The number of benzene rings is 2. The van der Waals surface area contributed by atoms with Gasteiger partial charge in [-0.1, -0.05) is 15.9 Å². The summed E-state index contributed by atoms with van der Waals surface area (Å²) < 4.78 is 32.5. The first-order valence-electron chi connectivity index (χ1n) is 8.17. The fourth-order valence-corrected chi connectivity index (χ4v) is 4.72. The molecule has 1 amide bonds. The van der Waals surface area contributed by atoms with Gasteiger partial charge in [-0.25, -0.2) is 8.42 Å². The lowest BCUT2D eigenvalue weighted by atomic mass is 10.2. The number of hydrogen-bond donors (Lipinski definition) is 1. The van der Waals surface area contributed by atoms with Gasteiger partial charge < -0.3 is 10.1 Å². The van der Waals surface area contributed by atoms with Gasteiger partial charge in [-0.3, -0.25) is 4.79 Å². The zero-order chi connectivity index (χ0) is 18.7. The first-order valence-corrected chi connectivity index (χ1v) is 10.4. The molecule has 8 heteroatoms. The lowest BCUT2D eigenvalue weighted by molar-refractivity contribution is 0.102. The van der Waals surface area contributed by atoms with Crippen LogP contribution in [0.4, 0.5) is 5.69 Å². The van der Waals surface area contributed by atoms with Crippen LogP contribution < -0.4 is 10.1 Å². The quantitative estimate of drug-likeness (QED) is 0.774. The van der Waals surface area contributed by atoms with Gasteiger partial charge in [0.15, 0.2) is 0 Å². The molecule has 3 rings (SSSR count). The van der Waals surface area contributed by atoms with Crippen LogP contribution >= 0.6 is 15.9 Å². The van der Waals surface area contributed by atoms with Crippen LogP contribution in [0, 0.1) is 0 Å². The van der Waals surface area contributed by atoms with Crippen molar-refractivity contribution >= 4 is 37.5 Å². The normalized spacial score (nSPS) is 15.0. The van der Waals surface area contributed by atoms with Gasteiger partial charge in [-0.2, -0.15) is 4.31 Å². The Hall–Kier alpha value is -1.90. The average Bonchev–Trinajstić information content (AvgIpc) is 3.17. The zero-order valence-corrected chi connectivity index (χ0v) is 16.6. The van der Waals surface area contributed by atoms with Crippen LogP contribution in [0.5, 0.6) is 5.75 Å². The number of carbonyl (C=O) groups is 1. The van der Waals surface area contributed by atoms with E-state index in [2.05, 4.69) is 21.2 Å². The minimum atomic E-state index is -3.46. The maximum atomic E-state index is 12.5. The number of nitrogens with zero attached hydrogens (tertiary/aromatic N) is 1. The third kappa shape index (κ3) is 3.92. The summed E-state index contributed by atoms with van der Waals surface area (Å²) in [5.41, 5.74) is 0.896. The van der Waals surface area contributed by atoms with Crippen LogP contribution in [0.3, 0.4) is 0 Å². The molecule has 0 spiro atoms. The van der Waals surface area contributed by atoms with E-state index in [9.17, 15) is 13.2 Å². The topological polar surface area (TPSA) is 75.7 Å². The van der Waals surface area contributed by atoms with E-state index < -0.39 is 10.0 Å². The fraction of sp³-hybridized carbons (Fsp3) is 0.278. The van der Waals surface area contributed by atoms with Crippen LogP contribution in [-0.4, -0.2) is 38.8 Å². The Bertz CT molecular complexity index is 907. The highest BCUT2D eigenvalue weighted by Crippen LogP contribution is 2.25. The summed E-state index contributed by atoms with van der Waals surface area (Å²) in [5.74, 6) is 0.122. The number of anilines is 1. The molecule has 1 fully saturated rings. The molecule has 0 aliphatic carbocycles. The Labute approximate surface area is 161 Å². The predicted octanol–water partition coefficient (Wildman–Crippen LogP) is 3.49. The van der Waals surface area contributed by atoms with Gasteiger partial charge in [-0.05, 0) is 55.3 Å². The minimum Gasteiger partial charge on any atom is -0.496 e. The van der Waals surface area contributed by atoms with Gasteiger partial charge >= 0.3 is 0 Å². The summed E-state index contributed by atoms with van der Waals surface area (Å²) in [6.07, 6.45) is 1.78. The second-order valence-electron chi connectivity index (χ2n) is 5.93. The number of amides is 1. The van der Waals surface area contributed by atoms with E-state index in [4.69, 9.17) is 4.74 Å². The van der Waals surface area contributed by atoms with E-state index in [0.29, 0.717) is 30.1 Å². The molecule has 1 aliphatic rings. The van der Waals surface area contributed by atoms with Crippen LogP contribution in [0.2, 0.25) is 0 Å². The number of hydrogen-bond acceptors (Lipinski definition) is 4. The van der Waals surface area contributed by atoms with Crippen molar-refractivity contribution in [2.75, 3.05) is 25.5 Å². The number of sulfonamides is 1. The molecule has 2 aromatic carbocycles. The van der Waals surface area contributed by atoms with Gasteiger partial charge in [0.2, 0.25) is 10.0 Å². The van der Waals surface area contributed by atoms with E-state index >= 15 is 0 Å². The molecule has 0 unspecified atom stereocenters. The summed E-state index contributed by atoms with van der Waals surface area (Å²) in [6, 6.07) is 11.4. The number of carbonyl (C=O) groups excluding carboxylic acids is 1. The van der Waals surface area contributed by atoms with Gasteiger partial charge in [-0.15, -0.1) is 0 Å². The molecular weight excluding hydrogens is 420 g/mol. The Morgan fingerprint density at radius 2 is 1.77 bits per heavy atom. The van der Waals surface area contributed by atoms with Crippen molar-refractivity contribution < 1.29 is 17.9 Å². The van der Waals surface area contributed by atoms with Gasteiger partial charge in [0.25, 0.3) is 5.91 Å². The average molecular weight is 439 g/mol. The summed E-state index contributed by atoms with van der Waals surface area (Å²) in [4.78, 5) is 12.7. The smallest absolute Gasteiger partial charge is 0.259 e. The van der Waals surface area contributed by atoms with E-state index in [1.165, 1.54) is 23.5 Å². The van der Waals surface area contributed by atoms with Crippen LogP contribution in [0.1, 0.15) is 23.2 Å². The van der Waals surface area contributed by atoms with E-state index in [0.717, 1.165) is 17.3 Å². The van der Waals surface area contributed by atoms with E-state index in [1.54, 1.807) is 30.3 Å². The standard InChI is InChI=1S/C18H19BrN2O4S/c1-25-17-9-4-13(19)12-16(17)18(22)20-14-5-7-15(8-6-14)26(23,24)21-10-2-3-11-21/h4-9,12H,2-3,10-11H2,1H3,(H,20,22). The molecule has 1 heterocycles. The molecule has 1 saturated heterocycles. The third-order valence-corrected chi connectivity index (χ3v) is 6.63. The van der Waals surface area contributed by atoms with Crippen molar-refractivity contribution in [3.8, 4) is 5.75 Å². The fourth-order valence-electron chi connectivity index (χ4n) is 2.84. The molecule has 1 N–H and O–H groups in total. The van der Waals surface area contributed by atoms with Crippen molar-refractivity contribution in [3.05, 3.63) is 52.5 Å². The summed E-state index contributed by atoms with van der Waals surface area (Å²) >= 11 is 3.34. The Balaban J connectivity index is 1.77. The molecule has 0 aromatic heterocycles. The SMILES string of the molecule is COc1ccc(Br)cc1C(=O)Nc1ccc(S(=O)(=O)N2CCCC2)cc1. The van der Waals surface area contributed by atoms with Crippen molar-refractivity contribution in [1.82, 2.24) is 4.31 Å². The Morgan fingerprint density at radius 1 is 1.12 bits per heavy atom. The molecule has 26 heavy (non-hydrogen) atoms. The molecule has 0 atom stereocenters. The second kappa shape index (κ2) is 7.77. The Kier molecular flexibility index (Phi) is 5.64. The first-order chi connectivity index (χ1) is 12.4. The summed E-state index contributed by atoms with van der Waals surface area (Å²) in [6.45, 7) is 1.12. The minimum absolute atomic E-state index is 0.234. The maximum absolute atomic E-state index is 12.5. The molecule has 2 aromatic rings. The molecule has 0 saturated carbocycles. The van der Waals surface area contributed by atoms with Crippen molar-refractivity contribution in [1.29, 1.82) is 0 Å². The summed E-state index contributed by atoms with van der Waals surface area (Å²) in [7, 11) is -1.96.